The summed E-state index contributed by atoms with van der Waals surface area (Å²) in [7, 11) is 0. The summed E-state index contributed by atoms with van der Waals surface area (Å²) in [5.41, 5.74) is 0. The van der Waals surface area contributed by atoms with Crippen LogP contribution in [0, 0.1) is 0 Å². The van der Waals surface area contributed by atoms with Crippen LogP contribution in [0.4, 0.5) is 0 Å². The van der Waals surface area contributed by atoms with E-state index in [1.807, 2.05) is 4.90 Å². The van der Waals surface area contributed by atoms with Gasteiger partial charge in [-0.25, -0.2) is 0 Å². The average molecular weight is 230 g/mol. The van der Waals surface area contributed by atoms with Crippen molar-refractivity contribution in [1.29, 1.82) is 0 Å². The maximum absolute atomic E-state index is 11.7. The van der Waals surface area contributed by atoms with E-state index >= 15 is 0 Å². The van der Waals surface area contributed by atoms with Crippen LogP contribution in [-0.2, 0) is 4.79 Å². The molecular weight excluding hydrogens is 208 g/mol. The van der Waals surface area contributed by atoms with Crippen molar-refractivity contribution in [2.75, 3.05) is 45.9 Å². The number of β-amino-alcohol motifs (C(OH)–C–C–N with tert-alkyl or cyclic N) is 1. The molecular formula is C11H22N2O3. The van der Waals surface area contributed by atoms with Crippen molar-refractivity contribution >= 4 is 5.91 Å². The molecule has 1 heterocycles. The Labute approximate surface area is 96.7 Å². The molecule has 0 unspecified atom stereocenters. The molecule has 0 aliphatic carbocycles. The monoisotopic (exact) mass is 230 g/mol. The van der Waals surface area contributed by atoms with E-state index in [0.29, 0.717) is 19.4 Å². The molecule has 16 heavy (non-hydrogen) atoms. The van der Waals surface area contributed by atoms with Crippen LogP contribution in [0.3, 0.4) is 0 Å². The summed E-state index contributed by atoms with van der Waals surface area (Å²) >= 11 is 0. The molecule has 0 bridgehead atoms. The van der Waals surface area contributed by atoms with Gasteiger partial charge >= 0.3 is 0 Å². The number of carbonyl (C=O) groups excluding carboxylic acids is 1. The smallest absolute Gasteiger partial charge is 0.222 e. The van der Waals surface area contributed by atoms with Crippen LogP contribution in [-0.4, -0.2) is 71.9 Å². The van der Waals surface area contributed by atoms with Crippen molar-refractivity contribution in [2.45, 2.75) is 19.3 Å². The Morgan fingerprint density at radius 1 is 1.00 bits per heavy atom. The van der Waals surface area contributed by atoms with Gasteiger partial charge in [-0.1, -0.05) is 0 Å². The van der Waals surface area contributed by atoms with Crippen molar-refractivity contribution in [3.05, 3.63) is 0 Å². The number of rotatable bonds is 6. The number of unbranched alkanes of at least 4 members (excludes halogenated alkanes) is 1. The van der Waals surface area contributed by atoms with Gasteiger partial charge < -0.3 is 15.1 Å². The fourth-order valence-electron chi connectivity index (χ4n) is 1.91. The van der Waals surface area contributed by atoms with Gasteiger partial charge in [-0.2, -0.15) is 0 Å². The third-order valence-corrected chi connectivity index (χ3v) is 2.94. The lowest BCUT2D eigenvalue weighted by atomic mass is 10.2. The van der Waals surface area contributed by atoms with Gasteiger partial charge in [-0.3, -0.25) is 9.69 Å². The van der Waals surface area contributed by atoms with E-state index in [4.69, 9.17) is 10.2 Å². The van der Waals surface area contributed by atoms with Crippen LogP contribution in [0.25, 0.3) is 0 Å². The highest BCUT2D eigenvalue weighted by Crippen LogP contribution is 2.05. The molecule has 0 radical (unpaired) electrons. The Bertz CT molecular complexity index is 203. The Kier molecular flexibility index (Phi) is 6.37. The normalized spacial score (nSPS) is 17.8. The molecule has 0 aromatic heterocycles. The standard InChI is InChI=1S/C11H22N2O3/c14-9-2-1-3-11(16)13-6-4-12(5-7-13)8-10-15/h14-15H,1-10H2. The van der Waals surface area contributed by atoms with E-state index in [2.05, 4.69) is 4.90 Å². The Balaban J connectivity index is 2.17. The number of aliphatic hydroxyl groups is 2. The second-order valence-electron chi connectivity index (χ2n) is 4.13. The first-order valence-electron chi connectivity index (χ1n) is 5.99. The molecule has 94 valence electrons. The van der Waals surface area contributed by atoms with E-state index in [1.165, 1.54) is 0 Å². The minimum Gasteiger partial charge on any atom is -0.396 e. The van der Waals surface area contributed by atoms with Gasteiger partial charge in [0, 0.05) is 45.8 Å². The van der Waals surface area contributed by atoms with Gasteiger partial charge in [0.2, 0.25) is 5.91 Å². The third kappa shape index (κ3) is 4.47. The average Bonchev–Trinajstić information content (AvgIpc) is 2.30. The van der Waals surface area contributed by atoms with E-state index in [0.717, 1.165) is 32.6 Å². The quantitative estimate of drug-likeness (QED) is 0.591. The summed E-state index contributed by atoms with van der Waals surface area (Å²) in [6.45, 7) is 4.28. The topological polar surface area (TPSA) is 64.0 Å². The van der Waals surface area contributed by atoms with Crippen LogP contribution < -0.4 is 0 Å². The number of nitrogens with zero attached hydrogens (tertiary/aromatic N) is 2. The molecule has 0 spiro atoms. The maximum atomic E-state index is 11.7. The second-order valence-corrected chi connectivity index (χ2v) is 4.13. The zero-order valence-corrected chi connectivity index (χ0v) is 9.77. The Hall–Kier alpha value is -0.650. The SMILES string of the molecule is O=C(CCCCO)N1CCN(CCO)CC1. The van der Waals surface area contributed by atoms with Gasteiger partial charge in [0.05, 0.1) is 6.61 Å². The molecule has 1 aliphatic rings. The number of aliphatic hydroxyl groups excluding tert-OH is 2. The Morgan fingerprint density at radius 2 is 1.69 bits per heavy atom. The largest absolute Gasteiger partial charge is 0.396 e. The van der Waals surface area contributed by atoms with Crippen LogP contribution in [0.1, 0.15) is 19.3 Å². The lowest BCUT2D eigenvalue weighted by molar-refractivity contribution is -0.133. The Morgan fingerprint density at radius 3 is 2.25 bits per heavy atom. The van der Waals surface area contributed by atoms with Crippen molar-refractivity contribution in [3.8, 4) is 0 Å². The lowest BCUT2D eigenvalue weighted by Crippen LogP contribution is -2.49. The first-order valence-corrected chi connectivity index (χ1v) is 5.99. The summed E-state index contributed by atoms with van der Waals surface area (Å²) in [4.78, 5) is 15.8. The molecule has 0 aromatic rings. The van der Waals surface area contributed by atoms with E-state index in [1.54, 1.807) is 0 Å². The predicted molar refractivity (Wildman–Crippen MR) is 61.0 cm³/mol. The van der Waals surface area contributed by atoms with Crippen molar-refractivity contribution in [3.63, 3.8) is 0 Å². The minimum absolute atomic E-state index is 0.164. The number of piperazine rings is 1. The zero-order valence-electron chi connectivity index (χ0n) is 9.77. The lowest BCUT2D eigenvalue weighted by Gasteiger charge is -2.34. The van der Waals surface area contributed by atoms with Crippen LogP contribution in [0.2, 0.25) is 0 Å². The predicted octanol–water partition coefficient (Wildman–Crippen LogP) is -0.714. The van der Waals surface area contributed by atoms with Crippen LogP contribution in [0.15, 0.2) is 0 Å². The van der Waals surface area contributed by atoms with Crippen molar-refractivity contribution < 1.29 is 15.0 Å². The molecule has 1 fully saturated rings. The molecule has 0 saturated carbocycles. The molecule has 1 saturated heterocycles. The summed E-state index contributed by atoms with van der Waals surface area (Å²) in [6.07, 6.45) is 2.02. The minimum atomic E-state index is 0.164. The van der Waals surface area contributed by atoms with Gasteiger partial charge in [-0.15, -0.1) is 0 Å². The maximum Gasteiger partial charge on any atom is 0.222 e. The van der Waals surface area contributed by atoms with Crippen molar-refractivity contribution in [2.24, 2.45) is 0 Å². The second kappa shape index (κ2) is 7.60. The molecule has 1 aliphatic heterocycles. The highest BCUT2D eigenvalue weighted by Gasteiger charge is 2.19. The molecule has 0 aromatic carbocycles. The molecule has 2 N–H and O–H groups in total. The highest BCUT2D eigenvalue weighted by molar-refractivity contribution is 5.76. The number of hydrogen-bond acceptors (Lipinski definition) is 4. The first kappa shape index (κ1) is 13.4. The molecule has 1 rings (SSSR count). The molecule has 5 nitrogen and oxygen atoms in total. The molecule has 0 atom stereocenters. The van der Waals surface area contributed by atoms with Gasteiger partial charge in [-0.05, 0) is 12.8 Å². The highest BCUT2D eigenvalue weighted by atomic mass is 16.3. The van der Waals surface area contributed by atoms with Gasteiger partial charge in [0.1, 0.15) is 0 Å². The van der Waals surface area contributed by atoms with Gasteiger partial charge in [0.15, 0.2) is 0 Å². The van der Waals surface area contributed by atoms with Crippen LogP contribution >= 0.6 is 0 Å². The number of amides is 1. The van der Waals surface area contributed by atoms with E-state index in [9.17, 15) is 4.79 Å². The fraction of sp³-hybridized carbons (Fsp3) is 0.909. The van der Waals surface area contributed by atoms with E-state index < -0.39 is 0 Å². The van der Waals surface area contributed by atoms with Crippen molar-refractivity contribution in [1.82, 2.24) is 9.80 Å². The molecule has 5 heteroatoms. The summed E-state index contributed by atoms with van der Waals surface area (Å²) < 4.78 is 0. The summed E-state index contributed by atoms with van der Waals surface area (Å²) in [5.74, 6) is 0.192. The fourth-order valence-corrected chi connectivity index (χ4v) is 1.91. The molecule has 1 amide bonds. The zero-order chi connectivity index (χ0) is 11.8. The first-order chi connectivity index (χ1) is 7.77. The summed E-state index contributed by atoms with van der Waals surface area (Å²) in [5, 5.41) is 17.4. The van der Waals surface area contributed by atoms with E-state index in [-0.39, 0.29) is 19.1 Å². The number of hydrogen-bond donors (Lipinski definition) is 2. The number of carbonyl (C=O) groups is 1. The van der Waals surface area contributed by atoms with Gasteiger partial charge in [0.25, 0.3) is 0 Å². The van der Waals surface area contributed by atoms with Crippen LogP contribution in [0.5, 0.6) is 0 Å². The third-order valence-electron chi connectivity index (χ3n) is 2.94. The summed E-state index contributed by atoms with van der Waals surface area (Å²) in [6, 6.07) is 0.